The van der Waals surface area contributed by atoms with Crippen LogP contribution in [0.5, 0.6) is 0 Å². The first-order valence-electron chi connectivity index (χ1n) is 12.8. The van der Waals surface area contributed by atoms with Gasteiger partial charge in [0.25, 0.3) is 0 Å². The Morgan fingerprint density at radius 2 is 2.00 bits per heavy atom. The molecule has 1 heterocycles. The van der Waals surface area contributed by atoms with E-state index in [-0.39, 0.29) is 0 Å². The lowest BCUT2D eigenvalue weighted by atomic mass is 9.49. The molecule has 1 aromatic rings. The smallest absolute Gasteiger partial charge is 0.139 e. The highest BCUT2D eigenvalue weighted by Crippen LogP contribution is 2.64. The van der Waals surface area contributed by atoms with E-state index >= 15 is 0 Å². The SMILES string of the molecule is CCOCC1CCC2C(CCC3C2CCC2(C)C(Cn4ncc(C#N)c4N)CCC32)C1. The number of hydrogen-bond donors (Lipinski definition) is 1. The highest BCUT2D eigenvalue weighted by atomic mass is 16.5. The van der Waals surface area contributed by atoms with Gasteiger partial charge in [-0.2, -0.15) is 10.4 Å². The summed E-state index contributed by atoms with van der Waals surface area (Å²) >= 11 is 0. The molecule has 4 saturated carbocycles. The van der Waals surface area contributed by atoms with Crippen LogP contribution in [0.3, 0.4) is 0 Å². The Labute approximate surface area is 187 Å². The average Bonchev–Trinajstić information content (AvgIpc) is 3.31. The minimum Gasteiger partial charge on any atom is -0.383 e. The third kappa shape index (κ3) is 3.59. The van der Waals surface area contributed by atoms with E-state index in [0.717, 1.165) is 55.3 Å². The van der Waals surface area contributed by atoms with Crippen LogP contribution < -0.4 is 5.73 Å². The maximum Gasteiger partial charge on any atom is 0.139 e. The molecule has 4 aliphatic rings. The number of nitrogens with zero attached hydrogens (tertiary/aromatic N) is 3. The van der Waals surface area contributed by atoms with E-state index in [4.69, 9.17) is 10.5 Å². The molecule has 170 valence electrons. The number of anilines is 1. The fourth-order valence-corrected chi connectivity index (χ4v) is 8.63. The van der Waals surface area contributed by atoms with Crippen molar-refractivity contribution in [3.05, 3.63) is 11.8 Å². The summed E-state index contributed by atoms with van der Waals surface area (Å²) in [5.41, 5.74) is 7.12. The Morgan fingerprint density at radius 3 is 2.77 bits per heavy atom. The highest BCUT2D eigenvalue weighted by molar-refractivity contribution is 5.47. The zero-order chi connectivity index (χ0) is 21.6. The molecule has 8 atom stereocenters. The Hall–Kier alpha value is -1.54. The van der Waals surface area contributed by atoms with Gasteiger partial charge in [0, 0.05) is 19.8 Å². The van der Waals surface area contributed by atoms with Crippen LogP contribution in [0.25, 0.3) is 0 Å². The van der Waals surface area contributed by atoms with Crippen LogP contribution in [-0.4, -0.2) is 23.0 Å². The third-order valence-corrected chi connectivity index (χ3v) is 10.2. The van der Waals surface area contributed by atoms with Crippen molar-refractivity contribution in [1.82, 2.24) is 9.78 Å². The van der Waals surface area contributed by atoms with Gasteiger partial charge >= 0.3 is 0 Å². The molecule has 5 nitrogen and oxygen atoms in total. The summed E-state index contributed by atoms with van der Waals surface area (Å²) in [6, 6.07) is 2.17. The van der Waals surface area contributed by atoms with E-state index in [2.05, 4.69) is 25.0 Å². The van der Waals surface area contributed by atoms with Gasteiger partial charge in [-0.3, -0.25) is 0 Å². The topological polar surface area (TPSA) is 76.9 Å². The molecule has 0 aromatic carbocycles. The number of aromatic nitrogens is 2. The molecule has 0 radical (unpaired) electrons. The van der Waals surface area contributed by atoms with E-state index in [0.29, 0.717) is 22.7 Å². The molecule has 0 spiro atoms. The zero-order valence-corrected chi connectivity index (χ0v) is 19.4. The zero-order valence-electron chi connectivity index (χ0n) is 19.4. The first-order valence-corrected chi connectivity index (χ1v) is 12.8. The number of nitriles is 1. The van der Waals surface area contributed by atoms with Gasteiger partial charge in [-0.05, 0) is 112 Å². The summed E-state index contributed by atoms with van der Waals surface area (Å²) in [6.45, 7) is 7.41. The molecular formula is C26H40N4O. The molecule has 0 bridgehead atoms. The normalized spacial score (nSPS) is 41.8. The number of rotatable bonds is 5. The Balaban J connectivity index is 1.27. The van der Waals surface area contributed by atoms with Crippen molar-refractivity contribution >= 4 is 5.82 Å². The summed E-state index contributed by atoms with van der Waals surface area (Å²) in [5, 5.41) is 13.7. The van der Waals surface area contributed by atoms with Crippen molar-refractivity contribution in [1.29, 1.82) is 5.26 Å². The third-order valence-electron chi connectivity index (χ3n) is 10.2. The van der Waals surface area contributed by atoms with Gasteiger partial charge in [0.1, 0.15) is 17.5 Å². The van der Waals surface area contributed by atoms with Crippen LogP contribution in [-0.2, 0) is 11.3 Å². The monoisotopic (exact) mass is 424 g/mol. The predicted octanol–water partition coefficient (Wildman–Crippen LogP) is 5.26. The largest absolute Gasteiger partial charge is 0.383 e. The van der Waals surface area contributed by atoms with Gasteiger partial charge < -0.3 is 10.5 Å². The van der Waals surface area contributed by atoms with E-state index in [9.17, 15) is 5.26 Å². The summed E-state index contributed by atoms with van der Waals surface area (Å²) in [4.78, 5) is 0. The standard InChI is InChI=1S/C26H40N4O/c1-3-31-16-17-4-7-21-18(12-17)5-8-23-22(21)10-11-26(2)20(6-9-24(23)26)15-30-25(28)19(13-27)14-29-30/h14,17-18,20-24H,3-12,15-16,28H2,1-2H3. The number of hydrogen-bond acceptors (Lipinski definition) is 4. The van der Waals surface area contributed by atoms with Crippen molar-refractivity contribution in [2.75, 3.05) is 18.9 Å². The summed E-state index contributed by atoms with van der Waals surface area (Å²) < 4.78 is 7.68. The fraction of sp³-hybridized carbons (Fsp3) is 0.846. The van der Waals surface area contributed by atoms with Crippen molar-refractivity contribution in [3.63, 3.8) is 0 Å². The number of nitrogen functional groups attached to an aromatic ring is 1. The Bertz CT molecular complexity index is 828. The lowest BCUT2D eigenvalue weighted by Gasteiger charge is -2.56. The molecule has 2 N–H and O–H groups in total. The van der Waals surface area contributed by atoms with Gasteiger partial charge in [-0.25, -0.2) is 4.68 Å². The second kappa shape index (κ2) is 8.43. The van der Waals surface area contributed by atoms with Crippen molar-refractivity contribution in [3.8, 4) is 6.07 Å². The van der Waals surface area contributed by atoms with Crippen LogP contribution in [0.4, 0.5) is 5.82 Å². The minimum atomic E-state index is 0.408. The lowest BCUT2D eigenvalue weighted by Crippen LogP contribution is -2.49. The van der Waals surface area contributed by atoms with Gasteiger partial charge in [-0.1, -0.05) is 6.92 Å². The number of nitrogens with two attached hydrogens (primary N) is 1. The predicted molar refractivity (Wildman–Crippen MR) is 122 cm³/mol. The van der Waals surface area contributed by atoms with Crippen LogP contribution in [0, 0.1) is 58.2 Å². The molecule has 8 unspecified atom stereocenters. The maximum atomic E-state index is 9.22. The molecule has 5 rings (SSSR count). The summed E-state index contributed by atoms with van der Waals surface area (Å²) in [7, 11) is 0. The molecule has 1 aromatic heterocycles. The van der Waals surface area contributed by atoms with Gasteiger partial charge in [0.2, 0.25) is 0 Å². The molecular weight excluding hydrogens is 384 g/mol. The second-order valence-electron chi connectivity index (χ2n) is 11.3. The Kier molecular flexibility index (Phi) is 5.79. The molecule has 0 saturated heterocycles. The molecule has 5 heteroatoms. The molecule has 31 heavy (non-hydrogen) atoms. The molecule has 0 amide bonds. The lowest BCUT2D eigenvalue weighted by molar-refractivity contribution is -0.0743. The van der Waals surface area contributed by atoms with Crippen LogP contribution in [0.2, 0.25) is 0 Å². The highest BCUT2D eigenvalue weighted by Gasteiger charge is 2.56. The minimum absolute atomic E-state index is 0.408. The van der Waals surface area contributed by atoms with E-state index in [1.54, 1.807) is 6.20 Å². The van der Waals surface area contributed by atoms with Crippen LogP contribution in [0.1, 0.15) is 77.2 Å². The van der Waals surface area contributed by atoms with Crippen LogP contribution >= 0.6 is 0 Å². The quantitative estimate of drug-likeness (QED) is 0.699. The first kappa shape index (κ1) is 21.3. The van der Waals surface area contributed by atoms with Gasteiger partial charge in [-0.15, -0.1) is 0 Å². The molecule has 4 aliphatic carbocycles. The number of fused-ring (bicyclic) bond motifs is 5. The molecule has 4 fully saturated rings. The maximum absolute atomic E-state index is 9.22. The van der Waals surface area contributed by atoms with Crippen molar-refractivity contribution in [2.45, 2.75) is 78.2 Å². The summed E-state index contributed by atoms with van der Waals surface area (Å²) in [6.07, 6.45) is 14.2. The summed E-state index contributed by atoms with van der Waals surface area (Å²) in [5.74, 6) is 6.67. The Morgan fingerprint density at radius 1 is 1.16 bits per heavy atom. The van der Waals surface area contributed by atoms with Gasteiger partial charge in [0.05, 0.1) is 6.20 Å². The second-order valence-corrected chi connectivity index (χ2v) is 11.3. The van der Waals surface area contributed by atoms with Gasteiger partial charge in [0.15, 0.2) is 0 Å². The fourth-order valence-electron chi connectivity index (χ4n) is 8.63. The first-order chi connectivity index (χ1) is 15.0. The van der Waals surface area contributed by atoms with E-state index < -0.39 is 0 Å². The number of ether oxygens (including phenoxy) is 1. The van der Waals surface area contributed by atoms with E-state index in [1.165, 1.54) is 57.8 Å². The molecule has 0 aliphatic heterocycles. The van der Waals surface area contributed by atoms with Crippen LogP contribution in [0.15, 0.2) is 6.20 Å². The van der Waals surface area contributed by atoms with Crippen molar-refractivity contribution < 1.29 is 4.74 Å². The van der Waals surface area contributed by atoms with Crippen molar-refractivity contribution in [2.24, 2.45) is 46.8 Å². The van der Waals surface area contributed by atoms with E-state index in [1.807, 2.05) is 4.68 Å². The average molecular weight is 425 g/mol.